The minimum absolute atomic E-state index is 0.536. The van der Waals surface area contributed by atoms with Crippen molar-refractivity contribution in [3.05, 3.63) is 34.9 Å². The lowest BCUT2D eigenvalue weighted by atomic mass is 9.65. The minimum atomic E-state index is -1.15. The molecule has 1 aromatic rings. The molecule has 0 saturated carbocycles. The van der Waals surface area contributed by atoms with Crippen molar-refractivity contribution in [1.82, 2.24) is 0 Å². The zero-order valence-electron chi connectivity index (χ0n) is 11.9. The molecule has 3 heteroatoms. The van der Waals surface area contributed by atoms with Gasteiger partial charge in [-0.3, -0.25) is 0 Å². The monoisotopic (exact) mass is 259 g/mol. The van der Waals surface area contributed by atoms with Gasteiger partial charge in [0.1, 0.15) is 5.60 Å². The van der Waals surface area contributed by atoms with Crippen LogP contribution in [0.4, 0.5) is 0 Å². The Balaban J connectivity index is 2.47. The van der Waals surface area contributed by atoms with Crippen LogP contribution < -0.4 is 0 Å². The van der Waals surface area contributed by atoms with Crippen molar-refractivity contribution in [2.45, 2.75) is 39.2 Å². The Morgan fingerprint density at radius 3 is 2.21 bits per heavy atom. The summed E-state index contributed by atoms with van der Waals surface area (Å²) in [4.78, 5) is 0. The van der Waals surface area contributed by atoms with E-state index in [9.17, 15) is 10.4 Å². The number of benzene rings is 1. The molecule has 0 bridgehead atoms. The molecule has 102 valence electrons. The van der Waals surface area contributed by atoms with Crippen LogP contribution in [-0.2, 0) is 10.3 Å². The standard InChI is InChI=1S/C16H21NO2/c1-12-8-13(2)10-14(9-12)15(3,18)16(11-17)4-6-19-7-5-16/h8-10,18H,4-7H2,1-3H3. The molecule has 3 nitrogen and oxygen atoms in total. The van der Waals surface area contributed by atoms with Gasteiger partial charge in [0.2, 0.25) is 0 Å². The van der Waals surface area contributed by atoms with E-state index < -0.39 is 11.0 Å². The van der Waals surface area contributed by atoms with Crippen LogP contribution in [0.5, 0.6) is 0 Å². The van der Waals surface area contributed by atoms with E-state index >= 15 is 0 Å². The summed E-state index contributed by atoms with van der Waals surface area (Å²) in [5.41, 5.74) is 1.13. The van der Waals surface area contributed by atoms with Gasteiger partial charge in [0.15, 0.2) is 0 Å². The van der Waals surface area contributed by atoms with Crippen LogP contribution in [0.1, 0.15) is 36.5 Å². The van der Waals surface area contributed by atoms with Crippen LogP contribution in [0, 0.1) is 30.6 Å². The Morgan fingerprint density at radius 1 is 1.21 bits per heavy atom. The lowest BCUT2D eigenvalue weighted by Gasteiger charge is -2.43. The van der Waals surface area contributed by atoms with Crippen molar-refractivity contribution in [2.75, 3.05) is 13.2 Å². The van der Waals surface area contributed by atoms with Gasteiger partial charge in [-0.15, -0.1) is 0 Å². The Hall–Kier alpha value is -1.37. The maximum atomic E-state index is 11.0. The highest BCUT2D eigenvalue weighted by Crippen LogP contribution is 2.46. The maximum Gasteiger partial charge on any atom is 0.106 e. The van der Waals surface area contributed by atoms with E-state index in [1.165, 1.54) is 0 Å². The molecule has 2 rings (SSSR count). The SMILES string of the molecule is Cc1cc(C)cc(C(C)(O)C2(C#N)CCOCC2)c1. The molecule has 1 aromatic carbocycles. The predicted molar refractivity (Wildman–Crippen MR) is 73.6 cm³/mol. The quantitative estimate of drug-likeness (QED) is 0.888. The van der Waals surface area contributed by atoms with E-state index in [1.807, 2.05) is 26.0 Å². The Labute approximate surface area is 114 Å². The van der Waals surface area contributed by atoms with Crippen LogP contribution in [0.25, 0.3) is 0 Å². The highest BCUT2D eigenvalue weighted by atomic mass is 16.5. The van der Waals surface area contributed by atoms with Gasteiger partial charge >= 0.3 is 0 Å². The van der Waals surface area contributed by atoms with Crippen molar-refractivity contribution in [3.63, 3.8) is 0 Å². The van der Waals surface area contributed by atoms with Crippen LogP contribution in [-0.4, -0.2) is 18.3 Å². The third kappa shape index (κ3) is 2.39. The number of nitrogens with zero attached hydrogens (tertiary/aromatic N) is 1. The summed E-state index contributed by atoms with van der Waals surface area (Å²) in [6.07, 6.45) is 1.15. The molecule has 1 fully saturated rings. The molecule has 1 aliphatic heterocycles. The second kappa shape index (κ2) is 4.96. The fraction of sp³-hybridized carbons (Fsp3) is 0.562. The first-order chi connectivity index (χ1) is 8.91. The van der Waals surface area contributed by atoms with Gasteiger partial charge in [-0.2, -0.15) is 5.26 Å². The highest BCUT2D eigenvalue weighted by Gasteiger charge is 2.49. The molecule has 1 atom stereocenters. The highest BCUT2D eigenvalue weighted by molar-refractivity contribution is 5.35. The van der Waals surface area contributed by atoms with E-state index in [2.05, 4.69) is 12.1 Å². The molecule has 0 spiro atoms. The Kier molecular flexibility index (Phi) is 3.66. The average molecular weight is 259 g/mol. The molecule has 0 radical (unpaired) electrons. The number of rotatable bonds is 2. The van der Waals surface area contributed by atoms with Gasteiger partial charge in [0, 0.05) is 13.2 Å². The summed E-state index contributed by atoms with van der Waals surface area (Å²) >= 11 is 0. The largest absolute Gasteiger partial charge is 0.384 e. The summed E-state index contributed by atoms with van der Waals surface area (Å²) in [7, 11) is 0. The number of hydrogen-bond acceptors (Lipinski definition) is 3. The molecule has 0 amide bonds. The molecule has 1 N–H and O–H groups in total. The molecular formula is C16H21NO2. The van der Waals surface area contributed by atoms with E-state index in [0.29, 0.717) is 26.1 Å². The van der Waals surface area contributed by atoms with Crippen molar-refractivity contribution in [2.24, 2.45) is 5.41 Å². The number of aliphatic hydroxyl groups is 1. The number of hydrogen-bond donors (Lipinski definition) is 1. The molecule has 19 heavy (non-hydrogen) atoms. The normalized spacial score (nSPS) is 21.4. The van der Waals surface area contributed by atoms with E-state index in [0.717, 1.165) is 16.7 Å². The van der Waals surface area contributed by atoms with Crippen LogP contribution in [0.2, 0.25) is 0 Å². The maximum absolute atomic E-state index is 11.0. The van der Waals surface area contributed by atoms with Crippen molar-refractivity contribution >= 4 is 0 Å². The lowest BCUT2D eigenvalue weighted by Crippen LogP contribution is -2.46. The Morgan fingerprint density at radius 2 is 1.74 bits per heavy atom. The Bertz CT molecular complexity index is 488. The summed E-state index contributed by atoms with van der Waals surface area (Å²) in [6.45, 7) is 6.85. The number of aryl methyl sites for hydroxylation is 2. The summed E-state index contributed by atoms with van der Waals surface area (Å²) in [5, 5.41) is 20.6. The molecule has 1 aliphatic rings. The summed E-state index contributed by atoms with van der Waals surface area (Å²) in [6, 6.07) is 8.38. The third-order valence-electron chi connectivity index (χ3n) is 4.28. The van der Waals surface area contributed by atoms with Gasteiger partial charge in [-0.25, -0.2) is 0 Å². The second-order valence-corrected chi connectivity index (χ2v) is 5.75. The molecule has 1 saturated heterocycles. The smallest absolute Gasteiger partial charge is 0.106 e. The second-order valence-electron chi connectivity index (χ2n) is 5.75. The fourth-order valence-corrected chi connectivity index (χ4v) is 2.96. The van der Waals surface area contributed by atoms with Crippen LogP contribution in [0.3, 0.4) is 0 Å². The zero-order chi connectivity index (χ0) is 14.1. The van der Waals surface area contributed by atoms with Gasteiger partial charge in [-0.1, -0.05) is 29.3 Å². The third-order valence-corrected chi connectivity index (χ3v) is 4.28. The summed E-state index contributed by atoms with van der Waals surface area (Å²) < 4.78 is 5.34. The number of ether oxygens (including phenoxy) is 1. The van der Waals surface area contributed by atoms with Gasteiger partial charge in [0.25, 0.3) is 0 Å². The molecule has 0 aromatic heterocycles. The fourth-order valence-electron chi connectivity index (χ4n) is 2.96. The van der Waals surface area contributed by atoms with Gasteiger partial charge in [-0.05, 0) is 39.2 Å². The molecule has 1 heterocycles. The first-order valence-corrected chi connectivity index (χ1v) is 6.71. The average Bonchev–Trinajstić information content (AvgIpc) is 2.38. The van der Waals surface area contributed by atoms with E-state index in [1.54, 1.807) is 6.92 Å². The van der Waals surface area contributed by atoms with Crippen molar-refractivity contribution < 1.29 is 9.84 Å². The molecule has 0 aliphatic carbocycles. The zero-order valence-corrected chi connectivity index (χ0v) is 11.9. The first kappa shape index (κ1) is 14.0. The topological polar surface area (TPSA) is 53.2 Å². The first-order valence-electron chi connectivity index (χ1n) is 6.71. The molecular weight excluding hydrogens is 238 g/mol. The van der Waals surface area contributed by atoms with Crippen molar-refractivity contribution in [3.8, 4) is 6.07 Å². The van der Waals surface area contributed by atoms with Gasteiger partial charge < -0.3 is 9.84 Å². The van der Waals surface area contributed by atoms with Crippen LogP contribution >= 0.6 is 0 Å². The van der Waals surface area contributed by atoms with E-state index in [4.69, 9.17) is 4.74 Å². The minimum Gasteiger partial charge on any atom is -0.384 e. The van der Waals surface area contributed by atoms with Crippen molar-refractivity contribution in [1.29, 1.82) is 5.26 Å². The summed E-state index contributed by atoms with van der Waals surface area (Å²) in [5.74, 6) is 0. The lowest BCUT2D eigenvalue weighted by molar-refractivity contribution is -0.0975. The molecule has 1 unspecified atom stereocenters. The van der Waals surface area contributed by atoms with Crippen LogP contribution in [0.15, 0.2) is 18.2 Å². The predicted octanol–water partition coefficient (Wildman–Crippen LogP) is 2.83. The number of nitriles is 1. The van der Waals surface area contributed by atoms with E-state index in [-0.39, 0.29) is 0 Å². The van der Waals surface area contributed by atoms with Gasteiger partial charge in [0.05, 0.1) is 11.5 Å².